The first-order chi connectivity index (χ1) is 23.4. The van der Waals surface area contributed by atoms with Gasteiger partial charge in [0.1, 0.15) is 0 Å². The van der Waals surface area contributed by atoms with Gasteiger partial charge in [-0.25, -0.2) is 0 Å². The van der Waals surface area contributed by atoms with Crippen LogP contribution in [0.3, 0.4) is 0 Å². The Morgan fingerprint density at radius 2 is 1.54 bits per heavy atom. The molecule has 3 heterocycles. The lowest BCUT2D eigenvalue weighted by molar-refractivity contribution is -0.255. The number of amides is 1. The number of hydrogen-bond acceptors (Lipinski definition) is 8. The standard InChI is InChI=1S/C38H46N2O8/c41-26-27-11-13-29(14-12-27)34-23-33(25-40-17-15-38(16-18-40)45-19-20-46-38)47-37(48-34)32-8-4-7-31(22-32)30-6-3-5-28(21-30)24-39-35(42)9-1-2-10-36(43)44/h3-8,11-14,21-22,33-34,37,41H,1-2,9-10,15-20,23-26H2,(H,39,42)(H,43,44)/t33-,34+,37+/m1/s1. The highest BCUT2D eigenvalue weighted by atomic mass is 16.7. The molecule has 1 amide bonds. The van der Waals surface area contributed by atoms with Gasteiger partial charge in [0.25, 0.3) is 0 Å². The molecule has 0 aliphatic carbocycles. The first-order valence-corrected chi connectivity index (χ1v) is 17.1. The Labute approximate surface area is 282 Å². The Morgan fingerprint density at radius 1 is 0.833 bits per heavy atom. The first-order valence-electron chi connectivity index (χ1n) is 17.1. The summed E-state index contributed by atoms with van der Waals surface area (Å²) in [6.07, 6.45) is 3.07. The van der Waals surface area contributed by atoms with Gasteiger partial charge in [-0.3, -0.25) is 9.59 Å². The van der Waals surface area contributed by atoms with Gasteiger partial charge in [0.15, 0.2) is 12.1 Å². The number of aliphatic hydroxyl groups excluding tert-OH is 1. The lowest BCUT2D eigenvalue weighted by atomic mass is 9.97. The van der Waals surface area contributed by atoms with Crippen molar-refractivity contribution in [3.8, 4) is 11.1 Å². The first kappa shape index (κ1) is 34.2. The van der Waals surface area contributed by atoms with Crippen molar-refractivity contribution < 1.29 is 38.7 Å². The van der Waals surface area contributed by atoms with E-state index in [1.807, 2.05) is 54.6 Å². The van der Waals surface area contributed by atoms with E-state index in [4.69, 9.17) is 24.1 Å². The van der Waals surface area contributed by atoms with Crippen LogP contribution in [0, 0.1) is 0 Å². The summed E-state index contributed by atoms with van der Waals surface area (Å²) >= 11 is 0. The zero-order valence-corrected chi connectivity index (χ0v) is 27.4. The molecule has 0 bridgehead atoms. The van der Waals surface area contributed by atoms with Crippen LogP contribution in [0.15, 0.2) is 72.8 Å². The Hall–Kier alpha value is -3.64. The fourth-order valence-corrected chi connectivity index (χ4v) is 6.76. The summed E-state index contributed by atoms with van der Waals surface area (Å²) in [5.74, 6) is -1.34. The van der Waals surface area contributed by atoms with Crippen LogP contribution in [-0.4, -0.2) is 71.7 Å². The van der Waals surface area contributed by atoms with E-state index in [0.717, 1.165) is 72.3 Å². The van der Waals surface area contributed by atoms with Crippen molar-refractivity contribution in [2.45, 2.75) is 82.4 Å². The Bertz CT molecular complexity index is 1510. The molecule has 0 unspecified atom stereocenters. The third-order valence-electron chi connectivity index (χ3n) is 9.46. The van der Waals surface area contributed by atoms with Crippen molar-refractivity contribution in [2.75, 3.05) is 32.8 Å². The van der Waals surface area contributed by atoms with Crippen molar-refractivity contribution >= 4 is 11.9 Å². The number of likely N-dealkylation sites (tertiary alicyclic amines) is 1. The third kappa shape index (κ3) is 9.07. The molecule has 1 spiro atoms. The highest BCUT2D eigenvalue weighted by molar-refractivity contribution is 5.76. The van der Waals surface area contributed by atoms with Gasteiger partial charge in [0.05, 0.1) is 32.0 Å². The van der Waals surface area contributed by atoms with E-state index < -0.39 is 18.0 Å². The van der Waals surface area contributed by atoms with Gasteiger partial charge < -0.3 is 39.4 Å². The molecule has 3 N–H and O–H groups in total. The molecule has 3 saturated heterocycles. The van der Waals surface area contributed by atoms with Crippen LogP contribution in [-0.2, 0) is 41.7 Å². The number of nitrogens with one attached hydrogen (secondary N) is 1. The largest absolute Gasteiger partial charge is 0.481 e. The number of carboxylic acid groups (broad SMARTS) is 1. The number of aliphatic carboxylic acids is 1. The molecule has 0 aromatic heterocycles. The Morgan fingerprint density at radius 3 is 2.27 bits per heavy atom. The molecule has 3 atom stereocenters. The number of piperidine rings is 1. The average molecular weight is 659 g/mol. The number of unbranched alkanes of at least 4 members (excludes halogenated alkanes) is 1. The SMILES string of the molecule is O=C(O)CCCCC(=O)NCc1cccc(-c2cccc([C@H]3O[C@@H](CN4CCC5(CC4)OCCO5)C[C@@H](c4ccc(CO)cc4)O3)c2)c1. The van der Waals surface area contributed by atoms with Gasteiger partial charge in [-0.1, -0.05) is 60.7 Å². The number of rotatable bonds is 13. The normalized spacial score (nSPS) is 22.5. The average Bonchev–Trinajstić information content (AvgIpc) is 3.58. The lowest BCUT2D eigenvalue weighted by Gasteiger charge is -2.41. The van der Waals surface area contributed by atoms with Gasteiger partial charge in [-0.15, -0.1) is 0 Å². The molecule has 3 aromatic rings. The summed E-state index contributed by atoms with van der Waals surface area (Å²) in [6, 6.07) is 24.3. The third-order valence-corrected chi connectivity index (χ3v) is 9.46. The van der Waals surface area contributed by atoms with E-state index >= 15 is 0 Å². The molecule has 6 rings (SSSR count). The molecule has 48 heavy (non-hydrogen) atoms. The maximum Gasteiger partial charge on any atom is 0.303 e. The van der Waals surface area contributed by atoms with Crippen molar-refractivity contribution in [1.82, 2.24) is 10.2 Å². The molecule has 0 radical (unpaired) electrons. The molecule has 3 aromatic carbocycles. The van der Waals surface area contributed by atoms with Crippen LogP contribution >= 0.6 is 0 Å². The number of nitrogens with zero attached hydrogens (tertiary/aromatic N) is 1. The number of benzene rings is 3. The van der Waals surface area contributed by atoms with Gasteiger partial charge >= 0.3 is 5.97 Å². The second kappa shape index (κ2) is 16.2. The van der Waals surface area contributed by atoms with Gasteiger partial charge in [0, 0.05) is 63.8 Å². The molecular weight excluding hydrogens is 612 g/mol. The summed E-state index contributed by atoms with van der Waals surface area (Å²) in [6.45, 7) is 4.29. The van der Waals surface area contributed by atoms with Crippen LogP contribution < -0.4 is 5.32 Å². The van der Waals surface area contributed by atoms with E-state index in [9.17, 15) is 14.7 Å². The summed E-state index contributed by atoms with van der Waals surface area (Å²) < 4.78 is 25.2. The zero-order valence-electron chi connectivity index (χ0n) is 27.4. The second-order valence-corrected chi connectivity index (χ2v) is 13.0. The lowest BCUT2D eigenvalue weighted by Crippen LogP contribution is -2.48. The van der Waals surface area contributed by atoms with Crippen LogP contribution in [0.5, 0.6) is 0 Å². The molecular formula is C38H46N2O8. The maximum atomic E-state index is 12.3. The molecule has 3 fully saturated rings. The second-order valence-electron chi connectivity index (χ2n) is 13.0. The van der Waals surface area contributed by atoms with Crippen molar-refractivity contribution in [3.05, 3.63) is 95.1 Å². The quantitative estimate of drug-likeness (QED) is 0.204. The number of hydrogen-bond donors (Lipinski definition) is 3. The number of carboxylic acids is 1. The number of carbonyl (C=O) groups is 2. The van der Waals surface area contributed by atoms with Crippen molar-refractivity contribution in [3.63, 3.8) is 0 Å². The monoisotopic (exact) mass is 658 g/mol. The summed E-state index contributed by atoms with van der Waals surface area (Å²) in [5.41, 5.74) is 5.87. The maximum absolute atomic E-state index is 12.3. The topological polar surface area (TPSA) is 127 Å². The van der Waals surface area contributed by atoms with Gasteiger partial charge in [0.2, 0.25) is 5.91 Å². The molecule has 3 aliphatic rings. The summed E-state index contributed by atoms with van der Waals surface area (Å²) in [4.78, 5) is 25.4. The zero-order chi connectivity index (χ0) is 33.3. The number of carbonyl (C=O) groups excluding carboxylic acids is 1. The van der Waals surface area contributed by atoms with Crippen LogP contribution in [0.2, 0.25) is 0 Å². The predicted molar refractivity (Wildman–Crippen MR) is 179 cm³/mol. The Kier molecular flexibility index (Phi) is 11.5. The highest BCUT2D eigenvalue weighted by Gasteiger charge is 2.41. The van der Waals surface area contributed by atoms with Gasteiger partial charge in [-0.2, -0.15) is 0 Å². The smallest absolute Gasteiger partial charge is 0.303 e. The summed E-state index contributed by atoms with van der Waals surface area (Å²) in [5, 5.41) is 21.3. The van der Waals surface area contributed by atoms with E-state index in [0.29, 0.717) is 39.0 Å². The van der Waals surface area contributed by atoms with Gasteiger partial charge in [-0.05, 0) is 52.8 Å². The van der Waals surface area contributed by atoms with Crippen LogP contribution in [0.4, 0.5) is 0 Å². The minimum atomic E-state index is -0.841. The Balaban J connectivity index is 1.13. The minimum absolute atomic E-state index is 0.000987. The minimum Gasteiger partial charge on any atom is -0.481 e. The molecule has 3 aliphatic heterocycles. The highest BCUT2D eigenvalue weighted by Crippen LogP contribution is 2.40. The molecule has 0 saturated carbocycles. The predicted octanol–water partition coefficient (Wildman–Crippen LogP) is 5.49. The van der Waals surface area contributed by atoms with Crippen molar-refractivity contribution in [2.24, 2.45) is 0 Å². The van der Waals surface area contributed by atoms with E-state index in [1.165, 1.54) is 0 Å². The van der Waals surface area contributed by atoms with Crippen LogP contribution in [0.1, 0.15) is 79.6 Å². The fourth-order valence-electron chi connectivity index (χ4n) is 6.76. The van der Waals surface area contributed by atoms with E-state index in [-0.39, 0.29) is 31.1 Å². The number of ether oxygens (including phenoxy) is 4. The van der Waals surface area contributed by atoms with E-state index in [1.54, 1.807) is 0 Å². The number of aliphatic hydroxyl groups is 1. The van der Waals surface area contributed by atoms with E-state index in [2.05, 4.69) is 28.4 Å². The molecule has 10 heteroatoms. The fraction of sp³-hybridized carbons (Fsp3) is 0.474. The molecule has 256 valence electrons. The van der Waals surface area contributed by atoms with Crippen molar-refractivity contribution in [1.29, 1.82) is 0 Å². The summed E-state index contributed by atoms with van der Waals surface area (Å²) in [7, 11) is 0. The van der Waals surface area contributed by atoms with Crippen LogP contribution in [0.25, 0.3) is 11.1 Å². The molecule has 10 nitrogen and oxygen atoms in total.